The molecule has 88 valence electrons. The summed E-state index contributed by atoms with van der Waals surface area (Å²) in [6.45, 7) is 0.601. The van der Waals surface area contributed by atoms with Crippen molar-refractivity contribution in [1.82, 2.24) is 15.4 Å². The molecule has 0 radical (unpaired) electrons. The summed E-state index contributed by atoms with van der Waals surface area (Å²) < 4.78 is 0. The van der Waals surface area contributed by atoms with Crippen molar-refractivity contribution in [3.05, 3.63) is 35.9 Å². The smallest absolute Gasteiger partial charge is 0.241 e. The molecule has 2 aliphatic rings. The van der Waals surface area contributed by atoms with Gasteiger partial charge >= 0.3 is 0 Å². The summed E-state index contributed by atoms with van der Waals surface area (Å²) in [6.07, 6.45) is 3.20. The topological polar surface area (TPSA) is 47.9 Å². The summed E-state index contributed by atoms with van der Waals surface area (Å²) in [6, 6.07) is 9.99. The lowest BCUT2D eigenvalue weighted by atomic mass is 10.1. The standard InChI is InChI=1S/C12H14N4O/c17-12-7-6-11-14-13-9-16(11)15(12)8-10-4-2-1-3-5-10/h1-5,9,11,14H,6-8H2. The largest absolute Gasteiger partial charge is 0.284 e. The fourth-order valence-electron chi connectivity index (χ4n) is 2.19. The van der Waals surface area contributed by atoms with Crippen molar-refractivity contribution in [2.45, 2.75) is 25.6 Å². The Morgan fingerprint density at radius 3 is 3.00 bits per heavy atom. The Labute approximate surface area is 99.7 Å². The Hall–Kier alpha value is -2.04. The molecule has 17 heavy (non-hydrogen) atoms. The molecule has 5 heteroatoms. The number of nitrogens with one attached hydrogen (secondary N) is 1. The van der Waals surface area contributed by atoms with Gasteiger partial charge in [-0.2, -0.15) is 5.10 Å². The van der Waals surface area contributed by atoms with E-state index in [1.165, 1.54) is 0 Å². The quantitative estimate of drug-likeness (QED) is 0.821. The molecule has 1 unspecified atom stereocenters. The van der Waals surface area contributed by atoms with Gasteiger partial charge in [0, 0.05) is 6.42 Å². The van der Waals surface area contributed by atoms with Gasteiger partial charge in [0.05, 0.1) is 6.54 Å². The predicted octanol–water partition coefficient (Wildman–Crippen LogP) is 0.899. The van der Waals surface area contributed by atoms with E-state index >= 15 is 0 Å². The van der Waals surface area contributed by atoms with Crippen LogP contribution in [-0.4, -0.2) is 28.4 Å². The van der Waals surface area contributed by atoms with Crippen molar-refractivity contribution in [1.29, 1.82) is 0 Å². The molecule has 3 rings (SSSR count). The molecule has 0 spiro atoms. The van der Waals surface area contributed by atoms with Crippen LogP contribution in [0.25, 0.3) is 0 Å². The number of carbonyl (C=O) groups excluding carboxylic acids is 1. The first kappa shape index (κ1) is 10.1. The Bertz CT molecular complexity index is 445. The Morgan fingerprint density at radius 2 is 2.18 bits per heavy atom. The fourth-order valence-corrected chi connectivity index (χ4v) is 2.19. The second kappa shape index (κ2) is 4.08. The van der Waals surface area contributed by atoms with Crippen LogP contribution in [0.4, 0.5) is 0 Å². The minimum Gasteiger partial charge on any atom is -0.284 e. The first-order valence-corrected chi connectivity index (χ1v) is 5.76. The van der Waals surface area contributed by atoms with Crippen LogP contribution >= 0.6 is 0 Å². The molecule has 0 bridgehead atoms. The van der Waals surface area contributed by atoms with E-state index in [0.29, 0.717) is 13.0 Å². The highest BCUT2D eigenvalue weighted by Gasteiger charge is 2.34. The van der Waals surface area contributed by atoms with E-state index in [1.807, 2.05) is 35.3 Å². The number of hydrogen-bond donors (Lipinski definition) is 1. The van der Waals surface area contributed by atoms with Crippen LogP contribution in [0.5, 0.6) is 0 Å². The summed E-state index contributed by atoms with van der Waals surface area (Å²) in [5.74, 6) is 0.153. The predicted molar refractivity (Wildman–Crippen MR) is 63.5 cm³/mol. The van der Waals surface area contributed by atoms with Gasteiger partial charge in [0.1, 0.15) is 12.5 Å². The van der Waals surface area contributed by atoms with Gasteiger partial charge in [-0.1, -0.05) is 30.3 Å². The molecular formula is C12H14N4O. The van der Waals surface area contributed by atoms with E-state index in [0.717, 1.165) is 12.0 Å². The molecule has 1 fully saturated rings. The number of nitrogens with zero attached hydrogens (tertiary/aromatic N) is 3. The van der Waals surface area contributed by atoms with E-state index in [1.54, 1.807) is 11.3 Å². The van der Waals surface area contributed by atoms with Gasteiger partial charge in [0.15, 0.2) is 0 Å². The maximum absolute atomic E-state index is 11.9. The molecular weight excluding hydrogens is 216 g/mol. The molecule has 1 saturated heterocycles. The third-order valence-electron chi connectivity index (χ3n) is 3.09. The summed E-state index contributed by atoms with van der Waals surface area (Å²) in [5.41, 5.74) is 4.12. The minimum absolute atomic E-state index is 0.136. The van der Waals surface area contributed by atoms with E-state index in [-0.39, 0.29) is 12.1 Å². The van der Waals surface area contributed by atoms with Gasteiger partial charge in [-0.25, -0.2) is 10.0 Å². The first-order valence-electron chi connectivity index (χ1n) is 5.76. The minimum atomic E-state index is 0.136. The van der Waals surface area contributed by atoms with Crippen LogP contribution < -0.4 is 5.43 Å². The molecule has 1 amide bonds. The maximum Gasteiger partial charge on any atom is 0.241 e. The molecule has 0 aromatic heterocycles. The van der Waals surface area contributed by atoms with Crippen molar-refractivity contribution in [2.24, 2.45) is 5.10 Å². The fraction of sp³-hybridized carbons (Fsp3) is 0.333. The van der Waals surface area contributed by atoms with Crippen LogP contribution in [0.2, 0.25) is 0 Å². The number of benzene rings is 1. The molecule has 0 aliphatic carbocycles. The zero-order chi connectivity index (χ0) is 11.7. The van der Waals surface area contributed by atoms with Crippen LogP contribution in [0.3, 0.4) is 0 Å². The third-order valence-corrected chi connectivity index (χ3v) is 3.09. The highest BCUT2D eigenvalue weighted by atomic mass is 16.2. The van der Waals surface area contributed by atoms with Gasteiger partial charge in [-0.05, 0) is 12.0 Å². The maximum atomic E-state index is 11.9. The van der Waals surface area contributed by atoms with Crippen LogP contribution in [0, 0.1) is 0 Å². The molecule has 1 aromatic rings. The van der Waals surface area contributed by atoms with E-state index < -0.39 is 0 Å². The molecule has 1 atom stereocenters. The summed E-state index contributed by atoms with van der Waals surface area (Å²) in [4.78, 5) is 11.9. The monoisotopic (exact) mass is 230 g/mol. The number of hydrogen-bond acceptors (Lipinski definition) is 4. The number of carbonyl (C=O) groups is 1. The normalized spacial score (nSPS) is 22.6. The first-order chi connectivity index (χ1) is 8.34. The summed E-state index contributed by atoms with van der Waals surface area (Å²) >= 11 is 0. The van der Waals surface area contributed by atoms with Gasteiger partial charge in [0.25, 0.3) is 0 Å². The van der Waals surface area contributed by atoms with Crippen molar-refractivity contribution >= 4 is 12.2 Å². The van der Waals surface area contributed by atoms with Gasteiger partial charge < -0.3 is 0 Å². The second-order valence-corrected chi connectivity index (χ2v) is 4.25. The zero-order valence-electron chi connectivity index (χ0n) is 9.41. The highest BCUT2D eigenvalue weighted by Crippen LogP contribution is 2.21. The molecule has 1 aromatic carbocycles. The summed E-state index contributed by atoms with van der Waals surface area (Å²) in [5, 5.41) is 7.66. The van der Waals surface area contributed by atoms with Crippen molar-refractivity contribution < 1.29 is 4.79 Å². The lowest BCUT2D eigenvalue weighted by Gasteiger charge is -2.39. The average Bonchev–Trinajstić information content (AvgIpc) is 2.83. The van der Waals surface area contributed by atoms with E-state index in [9.17, 15) is 4.79 Å². The molecule has 0 saturated carbocycles. The highest BCUT2D eigenvalue weighted by molar-refractivity contribution is 5.79. The Morgan fingerprint density at radius 1 is 1.35 bits per heavy atom. The van der Waals surface area contributed by atoms with Gasteiger partial charge in [-0.3, -0.25) is 10.2 Å². The average molecular weight is 230 g/mol. The second-order valence-electron chi connectivity index (χ2n) is 4.25. The SMILES string of the molecule is O=C1CCC2NN=CN2N1Cc1ccccc1. The van der Waals surface area contributed by atoms with Gasteiger partial charge in [-0.15, -0.1) is 0 Å². The number of rotatable bonds is 2. The van der Waals surface area contributed by atoms with Crippen LogP contribution in [0.15, 0.2) is 35.4 Å². The van der Waals surface area contributed by atoms with Crippen LogP contribution in [0.1, 0.15) is 18.4 Å². The number of hydrazone groups is 1. The lowest BCUT2D eigenvalue weighted by molar-refractivity contribution is -0.152. The Kier molecular flexibility index (Phi) is 2.44. The molecule has 2 heterocycles. The number of fused-ring (bicyclic) bond motifs is 1. The van der Waals surface area contributed by atoms with E-state index in [2.05, 4.69) is 10.5 Å². The summed E-state index contributed by atoms with van der Waals surface area (Å²) in [7, 11) is 0. The van der Waals surface area contributed by atoms with Crippen LogP contribution in [-0.2, 0) is 11.3 Å². The van der Waals surface area contributed by atoms with Crippen molar-refractivity contribution in [3.8, 4) is 0 Å². The van der Waals surface area contributed by atoms with Crippen molar-refractivity contribution in [3.63, 3.8) is 0 Å². The molecule has 2 aliphatic heterocycles. The van der Waals surface area contributed by atoms with Crippen molar-refractivity contribution in [2.75, 3.05) is 0 Å². The number of amides is 1. The zero-order valence-corrected chi connectivity index (χ0v) is 9.41. The number of hydrazine groups is 1. The molecule has 5 nitrogen and oxygen atoms in total. The third kappa shape index (κ3) is 1.84. The van der Waals surface area contributed by atoms with Gasteiger partial charge in [0.2, 0.25) is 5.91 Å². The van der Waals surface area contributed by atoms with E-state index in [4.69, 9.17) is 0 Å². The lowest BCUT2D eigenvalue weighted by Crippen LogP contribution is -2.54. The molecule has 1 N–H and O–H groups in total. The Balaban J connectivity index is 1.80.